The van der Waals surface area contributed by atoms with Crippen LogP contribution in [-0.2, 0) is 4.79 Å². The van der Waals surface area contributed by atoms with Crippen molar-refractivity contribution in [3.05, 3.63) is 22.6 Å². The van der Waals surface area contributed by atoms with Gasteiger partial charge >= 0.3 is 5.97 Å². The number of aliphatic carboxylic acids is 1. The fraction of sp³-hybridized carbons (Fsp3) is 0.455. The topological polar surface area (TPSA) is 70.8 Å². The summed E-state index contributed by atoms with van der Waals surface area (Å²) >= 11 is 3.21. The van der Waals surface area contributed by atoms with Gasteiger partial charge in [-0.3, -0.25) is 9.59 Å². The molecular weight excluding hydrogens is 290 g/mol. The summed E-state index contributed by atoms with van der Waals surface area (Å²) in [5.74, 6) is -0.919. The fourth-order valence-electron chi connectivity index (χ4n) is 1.90. The minimum Gasteiger partial charge on any atom is -0.481 e. The smallest absolute Gasteiger partial charge is 0.311 e. The molecule has 2 rings (SSSR count). The number of hydrogen-bond acceptors (Lipinski definition) is 3. The van der Waals surface area contributed by atoms with Crippen molar-refractivity contribution in [2.45, 2.75) is 13.3 Å². The molecule has 1 aromatic rings. The maximum Gasteiger partial charge on any atom is 0.311 e. The monoisotopic (exact) mass is 301 g/mol. The van der Waals surface area contributed by atoms with Gasteiger partial charge in [0.05, 0.1) is 16.2 Å². The molecule has 1 saturated heterocycles. The summed E-state index contributed by atoms with van der Waals surface area (Å²) in [6.45, 7) is 2.31. The van der Waals surface area contributed by atoms with Gasteiger partial charge in [0.25, 0.3) is 5.91 Å². The average molecular weight is 302 g/mol. The molecule has 0 aromatic carbocycles. The molecule has 92 valence electrons. The molecule has 1 amide bonds. The molecule has 0 radical (unpaired) electrons. The summed E-state index contributed by atoms with van der Waals surface area (Å²) in [6, 6.07) is 1.64. The number of halogens is 1. The maximum atomic E-state index is 12.0. The van der Waals surface area contributed by atoms with Crippen LogP contribution in [0.2, 0.25) is 0 Å². The number of amides is 1. The number of likely N-dealkylation sites (tertiary alicyclic amines) is 1. The zero-order valence-corrected chi connectivity index (χ0v) is 10.9. The summed E-state index contributed by atoms with van der Waals surface area (Å²) in [7, 11) is 0. The Bertz CT molecular complexity index is 470. The summed E-state index contributed by atoms with van der Waals surface area (Å²) in [5.41, 5.74) is -0.852. The minimum atomic E-state index is -0.869. The SMILES string of the molecule is CC1(C(=O)O)CCN(C(=O)c2occc2Br)C1. The Morgan fingerprint density at radius 2 is 2.29 bits per heavy atom. The van der Waals surface area contributed by atoms with E-state index in [4.69, 9.17) is 9.52 Å². The third-order valence-electron chi connectivity index (χ3n) is 3.09. The Balaban J connectivity index is 2.15. The van der Waals surface area contributed by atoms with Gasteiger partial charge < -0.3 is 14.4 Å². The van der Waals surface area contributed by atoms with Crippen molar-refractivity contribution < 1.29 is 19.1 Å². The van der Waals surface area contributed by atoms with Crippen LogP contribution < -0.4 is 0 Å². The third-order valence-corrected chi connectivity index (χ3v) is 3.71. The van der Waals surface area contributed by atoms with Crippen LogP contribution in [0, 0.1) is 5.41 Å². The summed E-state index contributed by atoms with van der Waals surface area (Å²) in [4.78, 5) is 24.6. The molecule has 0 bridgehead atoms. The lowest BCUT2D eigenvalue weighted by Gasteiger charge is -2.19. The van der Waals surface area contributed by atoms with Crippen molar-refractivity contribution in [2.75, 3.05) is 13.1 Å². The van der Waals surface area contributed by atoms with Gasteiger partial charge in [0.2, 0.25) is 5.76 Å². The number of carbonyl (C=O) groups is 2. The standard InChI is InChI=1S/C11H12BrNO4/c1-11(10(15)16)3-4-13(6-11)9(14)8-7(12)2-5-17-8/h2,5H,3-4,6H2,1H3,(H,15,16). The van der Waals surface area contributed by atoms with Gasteiger partial charge in [-0.25, -0.2) is 0 Å². The molecular formula is C11H12BrNO4. The van der Waals surface area contributed by atoms with Crippen molar-refractivity contribution in [3.63, 3.8) is 0 Å². The van der Waals surface area contributed by atoms with Crippen LogP contribution in [0.15, 0.2) is 21.2 Å². The van der Waals surface area contributed by atoms with Crippen molar-refractivity contribution in [3.8, 4) is 0 Å². The van der Waals surface area contributed by atoms with Crippen LogP contribution in [0.3, 0.4) is 0 Å². The first-order valence-electron chi connectivity index (χ1n) is 5.20. The van der Waals surface area contributed by atoms with E-state index in [0.717, 1.165) is 0 Å². The number of nitrogens with zero attached hydrogens (tertiary/aromatic N) is 1. The van der Waals surface area contributed by atoms with E-state index >= 15 is 0 Å². The predicted octanol–water partition coefficient (Wildman–Crippen LogP) is 1.98. The second-order valence-electron chi connectivity index (χ2n) is 4.44. The molecule has 0 saturated carbocycles. The number of carbonyl (C=O) groups excluding carboxylic acids is 1. The van der Waals surface area contributed by atoms with Crippen LogP contribution in [0.1, 0.15) is 23.9 Å². The molecule has 6 heteroatoms. The minimum absolute atomic E-state index is 0.217. The Labute approximate surface area is 107 Å². The molecule has 1 aliphatic rings. The Morgan fingerprint density at radius 3 is 2.76 bits per heavy atom. The summed E-state index contributed by atoms with van der Waals surface area (Å²) < 4.78 is 5.67. The van der Waals surface area contributed by atoms with E-state index in [1.807, 2.05) is 0 Å². The Kier molecular flexibility index (Phi) is 2.99. The third kappa shape index (κ3) is 2.09. The molecule has 1 fully saturated rings. The lowest BCUT2D eigenvalue weighted by atomic mass is 9.90. The average Bonchev–Trinajstić information content (AvgIpc) is 2.85. The highest BCUT2D eigenvalue weighted by Gasteiger charge is 2.43. The molecule has 1 N–H and O–H groups in total. The van der Waals surface area contributed by atoms with Gasteiger partial charge in [-0.05, 0) is 35.3 Å². The Morgan fingerprint density at radius 1 is 1.59 bits per heavy atom. The summed E-state index contributed by atoms with van der Waals surface area (Å²) in [6.07, 6.45) is 1.89. The first kappa shape index (κ1) is 12.2. The van der Waals surface area contributed by atoms with Crippen molar-refractivity contribution >= 4 is 27.8 Å². The molecule has 2 heterocycles. The second kappa shape index (κ2) is 4.18. The zero-order chi connectivity index (χ0) is 12.6. The predicted molar refractivity (Wildman–Crippen MR) is 62.7 cm³/mol. The van der Waals surface area contributed by atoms with Crippen molar-refractivity contribution in [2.24, 2.45) is 5.41 Å². The molecule has 0 spiro atoms. The van der Waals surface area contributed by atoms with E-state index < -0.39 is 11.4 Å². The van der Waals surface area contributed by atoms with E-state index in [1.54, 1.807) is 13.0 Å². The van der Waals surface area contributed by atoms with Crippen molar-refractivity contribution in [1.29, 1.82) is 0 Å². The van der Waals surface area contributed by atoms with Gasteiger partial charge in [-0.15, -0.1) is 0 Å². The number of carboxylic acid groups (broad SMARTS) is 1. The van der Waals surface area contributed by atoms with Crippen LogP contribution in [0.25, 0.3) is 0 Å². The van der Waals surface area contributed by atoms with Crippen LogP contribution in [-0.4, -0.2) is 35.0 Å². The van der Waals surface area contributed by atoms with E-state index in [-0.39, 0.29) is 18.2 Å². The maximum absolute atomic E-state index is 12.0. The summed E-state index contributed by atoms with van der Waals surface area (Å²) in [5, 5.41) is 9.09. The van der Waals surface area contributed by atoms with E-state index in [9.17, 15) is 9.59 Å². The largest absolute Gasteiger partial charge is 0.481 e. The van der Waals surface area contributed by atoms with Gasteiger partial charge in [0, 0.05) is 13.1 Å². The number of furan rings is 1. The van der Waals surface area contributed by atoms with Crippen LogP contribution in [0.4, 0.5) is 0 Å². The fourth-order valence-corrected chi connectivity index (χ4v) is 2.27. The normalized spacial score (nSPS) is 24.0. The Hall–Kier alpha value is -1.30. The van der Waals surface area contributed by atoms with E-state index in [0.29, 0.717) is 17.4 Å². The lowest BCUT2D eigenvalue weighted by molar-refractivity contribution is -0.147. The first-order chi connectivity index (χ1) is 7.94. The molecule has 1 aliphatic heterocycles. The van der Waals surface area contributed by atoms with Crippen molar-refractivity contribution in [1.82, 2.24) is 4.90 Å². The first-order valence-corrected chi connectivity index (χ1v) is 5.99. The molecule has 0 aliphatic carbocycles. The quantitative estimate of drug-likeness (QED) is 0.907. The number of hydrogen-bond donors (Lipinski definition) is 1. The highest BCUT2D eigenvalue weighted by atomic mass is 79.9. The number of rotatable bonds is 2. The molecule has 17 heavy (non-hydrogen) atoms. The van der Waals surface area contributed by atoms with E-state index in [2.05, 4.69) is 15.9 Å². The second-order valence-corrected chi connectivity index (χ2v) is 5.29. The molecule has 5 nitrogen and oxygen atoms in total. The van der Waals surface area contributed by atoms with E-state index in [1.165, 1.54) is 11.2 Å². The molecule has 1 atom stereocenters. The molecule has 1 aromatic heterocycles. The van der Waals surface area contributed by atoms with Gasteiger partial charge in [-0.2, -0.15) is 0 Å². The van der Waals surface area contributed by atoms with Gasteiger partial charge in [0.1, 0.15) is 0 Å². The molecule has 1 unspecified atom stereocenters. The highest BCUT2D eigenvalue weighted by molar-refractivity contribution is 9.10. The van der Waals surface area contributed by atoms with Gasteiger partial charge in [-0.1, -0.05) is 0 Å². The zero-order valence-electron chi connectivity index (χ0n) is 9.27. The van der Waals surface area contributed by atoms with Crippen LogP contribution in [0.5, 0.6) is 0 Å². The number of carboxylic acids is 1. The lowest BCUT2D eigenvalue weighted by Crippen LogP contribution is -2.34. The highest BCUT2D eigenvalue weighted by Crippen LogP contribution is 2.32. The van der Waals surface area contributed by atoms with Gasteiger partial charge in [0.15, 0.2) is 0 Å². The van der Waals surface area contributed by atoms with Crippen LogP contribution >= 0.6 is 15.9 Å².